The van der Waals surface area contributed by atoms with Gasteiger partial charge in [0.05, 0.1) is 6.61 Å². The zero-order valence-corrected chi connectivity index (χ0v) is 11.4. The summed E-state index contributed by atoms with van der Waals surface area (Å²) in [6.07, 6.45) is 10.8. The Morgan fingerprint density at radius 2 is 2.35 bits per heavy atom. The summed E-state index contributed by atoms with van der Waals surface area (Å²) in [4.78, 5) is 0. The Morgan fingerprint density at radius 3 is 2.88 bits per heavy atom. The zero-order valence-electron chi connectivity index (χ0n) is 11.4. The summed E-state index contributed by atoms with van der Waals surface area (Å²) in [6, 6.07) is 0. The maximum Gasteiger partial charge on any atom is 0.0587 e. The van der Waals surface area contributed by atoms with Crippen molar-refractivity contribution in [1.82, 2.24) is 5.32 Å². The minimum absolute atomic E-state index is 0.494. The standard InChI is InChI=1S/C15H27NO/c1-13-8-9-15(13,12-16-10-11-17-2)14-6-4-3-5-7-14/h6,13,16H,3-5,7-12H2,1-2H3. The Bertz CT molecular complexity index is 274. The van der Waals surface area contributed by atoms with Crippen LogP contribution >= 0.6 is 0 Å². The number of allylic oxidation sites excluding steroid dienone is 1. The van der Waals surface area contributed by atoms with Gasteiger partial charge in [0.2, 0.25) is 0 Å². The fraction of sp³-hybridized carbons (Fsp3) is 0.867. The summed E-state index contributed by atoms with van der Waals surface area (Å²) >= 11 is 0. The maximum absolute atomic E-state index is 5.10. The van der Waals surface area contributed by atoms with Crippen LogP contribution in [0.4, 0.5) is 0 Å². The third-order valence-electron chi connectivity index (χ3n) is 4.82. The molecule has 0 aromatic carbocycles. The van der Waals surface area contributed by atoms with E-state index in [-0.39, 0.29) is 0 Å². The van der Waals surface area contributed by atoms with Gasteiger partial charge >= 0.3 is 0 Å². The van der Waals surface area contributed by atoms with Gasteiger partial charge in [-0.15, -0.1) is 0 Å². The molecule has 0 aromatic heterocycles. The van der Waals surface area contributed by atoms with Crippen LogP contribution in [0.5, 0.6) is 0 Å². The topological polar surface area (TPSA) is 21.3 Å². The number of rotatable bonds is 6. The van der Waals surface area contributed by atoms with E-state index in [9.17, 15) is 0 Å². The number of ether oxygens (including phenoxy) is 1. The van der Waals surface area contributed by atoms with Crippen molar-refractivity contribution >= 4 is 0 Å². The predicted molar refractivity (Wildman–Crippen MR) is 72.1 cm³/mol. The van der Waals surface area contributed by atoms with Crippen molar-refractivity contribution < 1.29 is 4.74 Å². The normalized spacial score (nSPS) is 33.1. The third kappa shape index (κ3) is 2.74. The molecule has 1 N–H and O–H groups in total. The summed E-state index contributed by atoms with van der Waals surface area (Å²) in [5.74, 6) is 0.863. The predicted octanol–water partition coefficient (Wildman–Crippen LogP) is 3.14. The van der Waals surface area contributed by atoms with E-state index in [2.05, 4.69) is 18.3 Å². The molecule has 1 saturated carbocycles. The molecule has 2 heteroatoms. The molecule has 98 valence electrons. The summed E-state index contributed by atoms with van der Waals surface area (Å²) < 4.78 is 5.10. The lowest BCUT2D eigenvalue weighted by Crippen LogP contribution is -2.48. The quantitative estimate of drug-likeness (QED) is 0.566. The van der Waals surface area contributed by atoms with Gasteiger partial charge < -0.3 is 10.1 Å². The van der Waals surface area contributed by atoms with E-state index in [0.717, 1.165) is 25.6 Å². The van der Waals surface area contributed by atoms with Crippen molar-refractivity contribution in [3.8, 4) is 0 Å². The molecule has 2 aliphatic rings. The first kappa shape index (κ1) is 13.1. The van der Waals surface area contributed by atoms with Gasteiger partial charge in [0, 0.05) is 25.6 Å². The van der Waals surface area contributed by atoms with Crippen LogP contribution in [0.1, 0.15) is 45.4 Å². The van der Waals surface area contributed by atoms with Gasteiger partial charge in [-0.05, 0) is 44.4 Å². The number of hydrogen-bond donors (Lipinski definition) is 1. The Hall–Kier alpha value is -0.340. The molecular formula is C15H27NO. The first-order valence-corrected chi connectivity index (χ1v) is 7.19. The highest BCUT2D eigenvalue weighted by molar-refractivity contribution is 5.22. The molecule has 2 rings (SSSR count). The van der Waals surface area contributed by atoms with E-state index in [1.807, 2.05) is 0 Å². The van der Waals surface area contributed by atoms with Crippen LogP contribution in [-0.4, -0.2) is 26.8 Å². The molecule has 0 aromatic rings. The van der Waals surface area contributed by atoms with Crippen molar-refractivity contribution in [3.63, 3.8) is 0 Å². The first-order valence-electron chi connectivity index (χ1n) is 7.19. The van der Waals surface area contributed by atoms with E-state index in [1.54, 1.807) is 12.7 Å². The minimum Gasteiger partial charge on any atom is -0.383 e. The van der Waals surface area contributed by atoms with E-state index in [0.29, 0.717) is 5.41 Å². The lowest BCUT2D eigenvalue weighted by Gasteiger charge is -2.51. The van der Waals surface area contributed by atoms with Crippen LogP contribution in [-0.2, 0) is 4.74 Å². The van der Waals surface area contributed by atoms with Crippen LogP contribution in [0, 0.1) is 11.3 Å². The van der Waals surface area contributed by atoms with Gasteiger partial charge in [-0.2, -0.15) is 0 Å². The zero-order chi connectivity index (χ0) is 12.1. The highest BCUT2D eigenvalue weighted by atomic mass is 16.5. The second-order valence-electron chi connectivity index (χ2n) is 5.74. The van der Waals surface area contributed by atoms with Gasteiger partial charge in [-0.1, -0.05) is 18.6 Å². The molecule has 0 spiro atoms. The molecule has 0 radical (unpaired) electrons. The molecule has 0 saturated heterocycles. The molecule has 2 aliphatic carbocycles. The molecule has 2 atom stereocenters. The average molecular weight is 237 g/mol. The number of nitrogens with one attached hydrogen (secondary N) is 1. The second kappa shape index (κ2) is 6.01. The summed E-state index contributed by atoms with van der Waals surface area (Å²) in [7, 11) is 1.77. The second-order valence-corrected chi connectivity index (χ2v) is 5.74. The monoisotopic (exact) mass is 237 g/mol. The highest BCUT2D eigenvalue weighted by Gasteiger charge is 2.45. The molecule has 0 heterocycles. The molecule has 2 unspecified atom stereocenters. The Morgan fingerprint density at radius 1 is 1.47 bits per heavy atom. The van der Waals surface area contributed by atoms with E-state index >= 15 is 0 Å². The van der Waals surface area contributed by atoms with E-state index < -0.39 is 0 Å². The Labute approximate surface area is 106 Å². The maximum atomic E-state index is 5.10. The smallest absolute Gasteiger partial charge is 0.0587 e. The fourth-order valence-corrected chi connectivity index (χ4v) is 3.41. The summed E-state index contributed by atoms with van der Waals surface area (Å²) in [6.45, 7) is 5.39. The van der Waals surface area contributed by atoms with Crippen LogP contribution in [0.2, 0.25) is 0 Å². The van der Waals surface area contributed by atoms with Crippen molar-refractivity contribution in [1.29, 1.82) is 0 Å². The first-order chi connectivity index (χ1) is 8.29. The molecule has 17 heavy (non-hydrogen) atoms. The lowest BCUT2D eigenvalue weighted by atomic mass is 9.55. The van der Waals surface area contributed by atoms with Crippen LogP contribution < -0.4 is 5.32 Å². The van der Waals surface area contributed by atoms with Gasteiger partial charge in [-0.25, -0.2) is 0 Å². The van der Waals surface area contributed by atoms with Crippen molar-refractivity contribution in [2.24, 2.45) is 11.3 Å². The fourth-order valence-electron chi connectivity index (χ4n) is 3.41. The highest BCUT2D eigenvalue weighted by Crippen LogP contribution is 2.53. The SMILES string of the molecule is COCCNCC1(C2=CCCCC2)CCC1C. The summed E-state index contributed by atoms with van der Waals surface area (Å²) in [5.41, 5.74) is 2.25. The Kier molecular flexibility index (Phi) is 4.63. The van der Waals surface area contributed by atoms with Gasteiger partial charge in [0.25, 0.3) is 0 Å². The molecule has 0 bridgehead atoms. The van der Waals surface area contributed by atoms with Crippen molar-refractivity contribution in [2.75, 3.05) is 26.8 Å². The van der Waals surface area contributed by atoms with Gasteiger partial charge in [0.15, 0.2) is 0 Å². The van der Waals surface area contributed by atoms with Crippen molar-refractivity contribution in [2.45, 2.75) is 45.4 Å². The van der Waals surface area contributed by atoms with Crippen LogP contribution in [0.15, 0.2) is 11.6 Å². The third-order valence-corrected chi connectivity index (χ3v) is 4.82. The Balaban J connectivity index is 1.92. The molecule has 2 nitrogen and oxygen atoms in total. The van der Waals surface area contributed by atoms with Gasteiger partial charge in [-0.3, -0.25) is 0 Å². The number of hydrogen-bond acceptors (Lipinski definition) is 2. The van der Waals surface area contributed by atoms with Crippen LogP contribution in [0.3, 0.4) is 0 Å². The van der Waals surface area contributed by atoms with E-state index in [4.69, 9.17) is 4.74 Å². The largest absolute Gasteiger partial charge is 0.383 e. The van der Waals surface area contributed by atoms with E-state index in [1.165, 1.54) is 38.5 Å². The average Bonchev–Trinajstić information content (AvgIpc) is 2.38. The van der Waals surface area contributed by atoms with Crippen LogP contribution in [0.25, 0.3) is 0 Å². The summed E-state index contributed by atoms with van der Waals surface area (Å²) in [5, 5.41) is 3.59. The molecular weight excluding hydrogens is 210 g/mol. The molecule has 1 fully saturated rings. The van der Waals surface area contributed by atoms with Crippen molar-refractivity contribution in [3.05, 3.63) is 11.6 Å². The van der Waals surface area contributed by atoms with Gasteiger partial charge in [0.1, 0.15) is 0 Å². The molecule has 0 aliphatic heterocycles. The lowest BCUT2D eigenvalue weighted by molar-refractivity contribution is 0.0765. The minimum atomic E-state index is 0.494. The number of methoxy groups -OCH3 is 1. The molecule has 0 amide bonds.